The van der Waals surface area contributed by atoms with Gasteiger partial charge in [-0.3, -0.25) is 19.6 Å². The van der Waals surface area contributed by atoms with Crippen LogP contribution >= 0.6 is 0 Å². The van der Waals surface area contributed by atoms with Gasteiger partial charge in [-0.1, -0.05) is 0 Å². The SMILES string of the molecule is COc1ccc2ncc(CN3CCOCC3)c(C(F)CCC3(C(=O)O)CCN(CCOc4cc(F)cc(F)c4)CC3)c2c1. The lowest BCUT2D eigenvalue weighted by Crippen LogP contribution is -2.45. The Morgan fingerprint density at radius 2 is 1.77 bits per heavy atom. The average molecular weight is 602 g/mol. The molecule has 43 heavy (non-hydrogen) atoms. The number of methoxy groups -OCH3 is 1. The van der Waals surface area contributed by atoms with Gasteiger partial charge < -0.3 is 19.3 Å². The molecule has 3 aromatic rings. The number of aliphatic carboxylic acids is 1. The summed E-state index contributed by atoms with van der Waals surface area (Å²) in [4.78, 5) is 21.4. The minimum atomic E-state index is -1.39. The quantitative estimate of drug-likeness (QED) is 0.296. The Morgan fingerprint density at radius 1 is 1.05 bits per heavy atom. The van der Waals surface area contributed by atoms with Gasteiger partial charge >= 0.3 is 5.97 Å². The summed E-state index contributed by atoms with van der Waals surface area (Å²) in [6.45, 7) is 4.96. The average Bonchev–Trinajstić information content (AvgIpc) is 3.00. The number of pyridine rings is 1. The Kier molecular flexibility index (Phi) is 10.0. The molecule has 1 atom stereocenters. The maximum atomic E-state index is 16.4. The summed E-state index contributed by atoms with van der Waals surface area (Å²) < 4.78 is 59.6. The minimum Gasteiger partial charge on any atom is -0.497 e. The van der Waals surface area contributed by atoms with Crippen LogP contribution in [0.2, 0.25) is 0 Å². The fourth-order valence-corrected chi connectivity index (χ4v) is 6.08. The van der Waals surface area contributed by atoms with E-state index in [2.05, 4.69) is 14.8 Å². The predicted octanol–water partition coefficient (Wildman–Crippen LogP) is 5.39. The Hall–Kier alpha value is -3.41. The maximum absolute atomic E-state index is 16.4. The topological polar surface area (TPSA) is 84.4 Å². The molecule has 11 heteroatoms. The van der Waals surface area contributed by atoms with Crippen molar-refractivity contribution < 1.29 is 37.3 Å². The molecule has 1 aromatic heterocycles. The molecule has 0 saturated carbocycles. The summed E-state index contributed by atoms with van der Waals surface area (Å²) in [6.07, 6.45) is 1.35. The van der Waals surface area contributed by atoms with Crippen LogP contribution in [0.15, 0.2) is 42.6 Å². The minimum absolute atomic E-state index is 0.0625. The van der Waals surface area contributed by atoms with E-state index in [1.807, 2.05) is 6.07 Å². The summed E-state index contributed by atoms with van der Waals surface area (Å²) in [5.41, 5.74) is 0.943. The fourth-order valence-electron chi connectivity index (χ4n) is 6.08. The molecular formula is C32H38F3N3O5. The second-order valence-electron chi connectivity index (χ2n) is 11.4. The Bertz CT molecular complexity index is 1390. The fraction of sp³-hybridized carbons (Fsp3) is 0.500. The number of aromatic nitrogens is 1. The van der Waals surface area contributed by atoms with Gasteiger partial charge in [0.15, 0.2) is 0 Å². The van der Waals surface area contributed by atoms with Crippen LogP contribution in [0.5, 0.6) is 11.5 Å². The number of nitrogens with zero attached hydrogens (tertiary/aromatic N) is 3. The molecule has 1 unspecified atom stereocenters. The molecule has 2 saturated heterocycles. The number of fused-ring (bicyclic) bond motifs is 1. The molecule has 0 amide bonds. The summed E-state index contributed by atoms with van der Waals surface area (Å²) in [5, 5.41) is 10.9. The van der Waals surface area contributed by atoms with Gasteiger partial charge in [0.2, 0.25) is 0 Å². The molecule has 8 nitrogen and oxygen atoms in total. The van der Waals surface area contributed by atoms with Crippen molar-refractivity contribution in [3.63, 3.8) is 0 Å². The first-order valence-corrected chi connectivity index (χ1v) is 14.7. The van der Waals surface area contributed by atoms with E-state index in [-0.39, 0.29) is 25.2 Å². The molecule has 3 heterocycles. The third-order valence-corrected chi connectivity index (χ3v) is 8.67. The van der Waals surface area contributed by atoms with Crippen molar-refractivity contribution in [3.8, 4) is 11.5 Å². The number of rotatable bonds is 12. The number of alkyl halides is 1. The normalized spacial score (nSPS) is 18.4. The Morgan fingerprint density at radius 3 is 2.44 bits per heavy atom. The molecule has 0 bridgehead atoms. The highest BCUT2D eigenvalue weighted by Crippen LogP contribution is 2.41. The zero-order valence-corrected chi connectivity index (χ0v) is 24.4. The van der Waals surface area contributed by atoms with Gasteiger partial charge in [0.05, 0.1) is 31.3 Å². The lowest BCUT2D eigenvalue weighted by atomic mass is 9.74. The molecule has 0 aliphatic carbocycles. The van der Waals surface area contributed by atoms with Gasteiger partial charge in [-0.25, -0.2) is 13.2 Å². The second-order valence-corrected chi connectivity index (χ2v) is 11.4. The number of benzene rings is 2. The molecule has 5 rings (SSSR count). The van der Waals surface area contributed by atoms with Gasteiger partial charge in [-0.05, 0) is 62.5 Å². The van der Waals surface area contributed by atoms with Crippen molar-refractivity contribution in [2.45, 2.75) is 38.4 Å². The van der Waals surface area contributed by atoms with Crippen LogP contribution in [0.4, 0.5) is 13.2 Å². The third-order valence-electron chi connectivity index (χ3n) is 8.67. The molecule has 2 aliphatic rings. The van der Waals surface area contributed by atoms with Gasteiger partial charge in [-0.2, -0.15) is 0 Å². The first-order chi connectivity index (χ1) is 20.8. The summed E-state index contributed by atoms with van der Waals surface area (Å²) in [5.74, 6) is -1.62. The lowest BCUT2D eigenvalue weighted by Gasteiger charge is -2.39. The monoisotopic (exact) mass is 601 g/mol. The molecule has 232 valence electrons. The maximum Gasteiger partial charge on any atom is 0.309 e. The number of morpholine rings is 1. The van der Waals surface area contributed by atoms with Crippen molar-refractivity contribution in [1.82, 2.24) is 14.8 Å². The first kappa shape index (κ1) is 31.0. The van der Waals surface area contributed by atoms with Crippen LogP contribution < -0.4 is 9.47 Å². The van der Waals surface area contributed by atoms with Crippen molar-refractivity contribution in [2.75, 3.05) is 59.7 Å². The van der Waals surface area contributed by atoms with E-state index in [9.17, 15) is 18.7 Å². The molecule has 0 radical (unpaired) electrons. The number of hydrogen-bond donors (Lipinski definition) is 1. The molecule has 0 spiro atoms. The van der Waals surface area contributed by atoms with Crippen molar-refractivity contribution in [3.05, 3.63) is 65.4 Å². The highest BCUT2D eigenvalue weighted by Gasteiger charge is 2.42. The van der Waals surface area contributed by atoms with Crippen LogP contribution in [0.1, 0.15) is 43.0 Å². The highest BCUT2D eigenvalue weighted by atomic mass is 19.1. The number of piperidine rings is 1. The van der Waals surface area contributed by atoms with Crippen molar-refractivity contribution >= 4 is 16.9 Å². The lowest BCUT2D eigenvalue weighted by molar-refractivity contribution is -0.153. The van der Waals surface area contributed by atoms with E-state index < -0.39 is 29.2 Å². The smallest absolute Gasteiger partial charge is 0.309 e. The predicted molar refractivity (Wildman–Crippen MR) is 155 cm³/mol. The molecule has 2 aromatic carbocycles. The van der Waals surface area contributed by atoms with Gasteiger partial charge in [0.1, 0.15) is 35.9 Å². The van der Waals surface area contributed by atoms with E-state index in [1.54, 1.807) is 25.4 Å². The molecule has 2 aliphatic heterocycles. The number of ether oxygens (including phenoxy) is 3. The zero-order chi connectivity index (χ0) is 30.4. The summed E-state index contributed by atoms with van der Waals surface area (Å²) in [7, 11) is 1.56. The van der Waals surface area contributed by atoms with Crippen LogP contribution in [0, 0.1) is 17.0 Å². The van der Waals surface area contributed by atoms with E-state index in [4.69, 9.17) is 14.2 Å². The number of carboxylic acids is 1. The van der Waals surface area contributed by atoms with Gasteiger partial charge in [-0.15, -0.1) is 0 Å². The number of carboxylic acid groups (broad SMARTS) is 1. The number of carbonyl (C=O) groups is 1. The standard InChI is InChI=1S/C32H38F3N3O5/c1-41-25-2-3-29-27(19-25)30(22(20-36-29)21-38-10-13-42-14-11-38)28(35)4-5-32(31(39)40)6-8-37(9-7-32)12-15-43-26-17-23(33)16-24(34)18-26/h2-3,16-20,28H,4-15,21H2,1H3,(H,39,40). The number of hydrogen-bond acceptors (Lipinski definition) is 7. The first-order valence-electron chi connectivity index (χ1n) is 14.7. The van der Waals surface area contributed by atoms with E-state index in [1.165, 1.54) is 0 Å². The third kappa shape index (κ3) is 7.57. The van der Waals surface area contributed by atoms with Gasteiger partial charge in [0.25, 0.3) is 0 Å². The van der Waals surface area contributed by atoms with Crippen LogP contribution in [-0.4, -0.2) is 85.5 Å². The summed E-state index contributed by atoms with van der Waals surface area (Å²) in [6, 6.07) is 8.43. The number of halogens is 3. The molecule has 1 N–H and O–H groups in total. The molecule has 2 fully saturated rings. The van der Waals surface area contributed by atoms with Crippen LogP contribution in [-0.2, 0) is 16.1 Å². The van der Waals surface area contributed by atoms with E-state index >= 15 is 4.39 Å². The van der Waals surface area contributed by atoms with E-state index in [0.29, 0.717) is 74.5 Å². The molecular weight excluding hydrogens is 563 g/mol. The summed E-state index contributed by atoms with van der Waals surface area (Å²) >= 11 is 0. The van der Waals surface area contributed by atoms with Crippen molar-refractivity contribution in [2.24, 2.45) is 5.41 Å². The zero-order valence-electron chi connectivity index (χ0n) is 24.4. The van der Waals surface area contributed by atoms with Crippen molar-refractivity contribution in [1.29, 1.82) is 0 Å². The van der Waals surface area contributed by atoms with E-state index in [0.717, 1.165) is 36.9 Å². The van der Waals surface area contributed by atoms with Crippen LogP contribution in [0.3, 0.4) is 0 Å². The van der Waals surface area contributed by atoms with Crippen LogP contribution in [0.25, 0.3) is 10.9 Å². The highest BCUT2D eigenvalue weighted by molar-refractivity contribution is 5.85. The Balaban J connectivity index is 1.25. The largest absolute Gasteiger partial charge is 0.497 e. The Labute approximate surface area is 249 Å². The van der Waals surface area contributed by atoms with Gasteiger partial charge in [0, 0.05) is 61.5 Å². The second kappa shape index (κ2) is 13.9. The number of likely N-dealkylation sites (tertiary alicyclic amines) is 1.